The summed E-state index contributed by atoms with van der Waals surface area (Å²) in [4.78, 5) is 0. The van der Waals surface area contributed by atoms with E-state index < -0.39 is 46.0 Å². The van der Waals surface area contributed by atoms with Gasteiger partial charge in [0.1, 0.15) is 5.82 Å². The lowest BCUT2D eigenvalue weighted by Gasteiger charge is -2.09. The van der Waals surface area contributed by atoms with Crippen LogP contribution in [0, 0.1) is 34.9 Å². The fraction of sp³-hybridized carbons (Fsp3) is 0. The quantitative estimate of drug-likeness (QED) is 0.365. The van der Waals surface area contributed by atoms with Crippen molar-refractivity contribution in [2.75, 3.05) is 5.73 Å². The minimum atomic E-state index is -2.27. The standard InChI is InChI=1S/C12H5F6N/c13-5-1-4(2-6(19)3-5)7-8(14)10(16)12(18)11(17)9(7)15/h1-3H,19H2. The smallest absolute Gasteiger partial charge is 0.200 e. The second-order valence-electron chi connectivity index (χ2n) is 3.72. The zero-order valence-electron chi connectivity index (χ0n) is 9.08. The van der Waals surface area contributed by atoms with Crippen molar-refractivity contribution in [2.24, 2.45) is 0 Å². The van der Waals surface area contributed by atoms with E-state index in [4.69, 9.17) is 5.73 Å². The summed E-state index contributed by atoms with van der Waals surface area (Å²) in [5.41, 5.74) is 3.29. The fourth-order valence-corrected chi connectivity index (χ4v) is 1.62. The molecule has 0 heterocycles. The van der Waals surface area contributed by atoms with Crippen molar-refractivity contribution in [3.8, 4) is 11.1 Å². The maximum Gasteiger partial charge on any atom is 0.200 e. The molecule has 2 aromatic carbocycles. The third kappa shape index (κ3) is 2.11. The van der Waals surface area contributed by atoms with Crippen molar-refractivity contribution in [2.45, 2.75) is 0 Å². The topological polar surface area (TPSA) is 26.0 Å². The average Bonchev–Trinajstić information content (AvgIpc) is 2.33. The molecule has 0 unspecified atom stereocenters. The Kier molecular flexibility index (Phi) is 3.13. The number of anilines is 1. The second kappa shape index (κ2) is 4.49. The van der Waals surface area contributed by atoms with E-state index in [1.807, 2.05) is 0 Å². The second-order valence-corrected chi connectivity index (χ2v) is 3.72. The normalized spacial score (nSPS) is 10.8. The van der Waals surface area contributed by atoms with Gasteiger partial charge in [-0.25, -0.2) is 26.3 Å². The molecule has 0 aliphatic carbocycles. The molecule has 7 heteroatoms. The van der Waals surface area contributed by atoms with Crippen LogP contribution in [-0.2, 0) is 0 Å². The van der Waals surface area contributed by atoms with E-state index in [-0.39, 0.29) is 5.69 Å². The summed E-state index contributed by atoms with van der Waals surface area (Å²) < 4.78 is 78.9. The van der Waals surface area contributed by atoms with Gasteiger partial charge in [-0.2, -0.15) is 0 Å². The Bertz CT molecular complexity index is 618. The van der Waals surface area contributed by atoms with Crippen LogP contribution in [0.25, 0.3) is 11.1 Å². The van der Waals surface area contributed by atoms with E-state index in [2.05, 4.69) is 0 Å². The summed E-state index contributed by atoms with van der Waals surface area (Å²) in [6, 6.07) is 2.37. The maximum absolute atomic E-state index is 13.5. The number of nitrogens with two attached hydrogens (primary N) is 1. The van der Waals surface area contributed by atoms with Gasteiger partial charge in [0.05, 0.1) is 5.56 Å². The third-order valence-corrected chi connectivity index (χ3v) is 2.42. The monoisotopic (exact) mass is 277 g/mol. The minimum absolute atomic E-state index is 0.209. The van der Waals surface area contributed by atoms with Crippen molar-refractivity contribution < 1.29 is 26.3 Å². The highest BCUT2D eigenvalue weighted by Crippen LogP contribution is 2.32. The predicted molar refractivity (Wildman–Crippen MR) is 56.0 cm³/mol. The van der Waals surface area contributed by atoms with Crippen LogP contribution < -0.4 is 5.73 Å². The molecule has 0 aromatic heterocycles. The van der Waals surface area contributed by atoms with Crippen LogP contribution in [0.2, 0.25) is 0 Å². The molecule has 0 aliphatic heterocycles. The van der Waals surface area contributed by atoms with Crippen LogP contribution in [0.1, 0.15) is 0 Å². The molecule has 0 saturated heterocycles. The van der Waals surface area contributed by atoms with E-state index >= 15 is 0 Å². The predicted octanol–water partition coefficient (Wildman–Crippen LogP) is 3.77. The Balaban J connectivity index is 2.82. The molecule has 0 atom stereocenters. The molecular weight excluding hydrogens is 272 g/mol. The zero-order valence-corrected chi connectivity index (χ0v) is 9.08. The molecule has 2 aromatic rings. The Morgan fingerprint density at radius 2 is 1.11 bits per heavy atom. The molecule has 2 rings (SSSR count). The molecule has 0 aliphatic rings. The highest BCUT2D eigenvalue weighted by Gasteiger charge is 2.26. The van der Waals surface area contributed by atoms with Crippen LogP contribution in [-0.4, -0.2) is 0 Å². The molecule has 19 heavy (non-hydrogen) atoms. The van der Waals surface area contributed by atoms with Gasteiger partial charge in [0.25, 0.3) is 0 Å². The van der Waals surface area contributed by atoms with Crippen molar-refractivity contribution in [1.29, 1.82) is 0 Å². The third-order valence-electron chi connectivity index (χ3n) is 2.42. The molecule has 0 radical (unpaired) electrons. The van der Waals surface area contributed by atoms with Gasteiger partial charge in [-0.05, 0) is 23.8 Å². The molecule has 0 amide bonds. The first-order chi connectivity index (χ1) is 8.82. The van der Waals surface area contributed by atoms with Crippen LogP contribution in [0.3, 0.4) is 0 Å². The van der Waals surface area contributed by atoms with Gasteiger partial charge in [0.2, 0.25) is 5.82 Å². The van der Waals surface area contributed by atoms with Gasteiger partial charge in [0, 0.05) is 5.69 Å². The van der Waals surface area contributed by atoms with E-state index in [0.717, 1.165) is 12.1 Å². The number of hydrogen-bond acceptors (Lipinski definition) is 1. The van der Waals surface area contributed by atoms with Crippen LogP contribution >= 0.6 is 0 Å². The van der Waals surface area contributed by atoms with E-state index in [9.17, 15) is 26.3 Å². The molecule has 0 fully saturated rings. The van der Waals surface area contributed by atoms with Gasteiger partial charge >= 0.3 is 0 Å². The summed E-state index contributed by atoms with van der Waals surface area (Å²) in [5, 5.41) is 0. The molecule has 100 valence electrons. The van der Waals surface area contributed by atoms with Crippen molar-refractivity contribution >= 4 is 5.69 Å². The Labute approximate surface area is 103 Å². The largest absolute Gasteiger partial charge is 0.399 e. The van der Waals surface area contributed by atoms with Crippen molar-refractivity contribution in [3.63, 3.8) is 0 Å². The zero-order chi connectivity index (χ0) is 14.3. The maximum atomic E-state index is 13.5. The van der Waals surface area contributed by atoms with Crippen LogP contribution in [0.4, 0.5) is 32.0 Å². The van der Waals surface area contributed by atoms with Gasteiger partial charge in [0.15, 0.2) is 23.3 Å². The molecular formula is C12H5F6N. The number of benzene rings is 2. The summed E-state index contributed by atoms with van der Waals surface area (Å²) in [6.45, 7) is 0. The molecule has 0 saturated carbocycles. The average molecular weight is 277 g/mol. The SMILES string of the molecule is Nc1cc(F)cc(-c2c(F)c(F)c(F)c(F)c2F)c1. The van der Waals surface area contributed by atoms with Crippen molar-refractivity contribution in [1.82, 2.24) is 0 Å². The summed E-state index contributed by atoms with van der Waals surface area (Å²) in [6.07, 6.45) is 0. The van der Waals surface area contributed by atoms with Crippen LogP contribution in [0.5, 0.6) is 0 Å². The fourth-order valence-electron chi connectivity index (χ4n) is 1.62. The van der Waals surface area contributed by atoms with Gasteiger partial charge in [-0.3, -0.25) is 0 Å². The first kappa shape index (κ1) is 13.3. The van der Waals surface area contributed by atoms with Gasteiger partial charge in [-0.15, -0.1) is 0 Å². The number of halogens is 6. The van der Waals surface area contributed by atoms with Crippen LogP contribution in [0.15, 0.2) is 18.2 Å². The van der Waals surface area contributed by atoms with E-state index in [1.54, 1.807) is 0 Å². The lowest BCUT2D eigenvalue weighted by Crippen LogP contribution is -2.04. The van der Waals surface area contributed by atoms with Gasteiger partial charge < -0.3 is 5.73 Å². The molecule has 2 N–H and O–H groups in total. The number of nitrogen functional groups attached to an aromatic ring is 1. The number of hydrogen-bond donors (Lipinski definition) is 1. The summed E-state index contributed by atoms with van der Waals surface area (Å²) in [7, 11) is 0. The van der Waals surface area contributed by atoms with Crippen molar-refractivity contribution in [3.05, 3.63) is 53.1 Å². The molecule has 1 nitrogen and oxygen atoms in total. The first-order valence-electron chi connectivity index (χ1n) is 4.90. The van der Waals surface area contributed by atoms with Gasteiger partial charge in [-0.1, -0.05) is 0 Å². The Morgan fingerprint density at radius 1 is 0.632 bits per heavy atom. The lowest BCUT2D eigenvalue weighted by atomic mass is 10.0. The molecule has 0 spiro atoms. The Hall–Kier alpha value is -2.18. The minimum Gasteiger partial charge on any atom is -0.399 e. The number of rotatable bonds is 1. The summed E-state index contributed by atoms with van der Waals surface area (Å²) in [5.74, 6) is -11.5. The first-order valence-corrected chi connectivity index (χ1v) is 4.90. The lowest BCUT2D eigenvalue weighted by molar-refractivity contribution is 0.381. The highest BCUT2D eigenvalue weighted by molar-refractivity contribution is 5.69. The van der Waals surface area contributed by atoms with E-state index in [0.29, 0.717) is 6.07 Å². The molecule has 0 bridgehead atoms. The Morgan fingerprint density at radius 3 is 1.58 bits per heavy atom. The van der Waals surface area contributed by atoms with E-state index in [1.165, 1.54) is 0 Å². The summed E-state index contributed by atoms with van der Waals surface area (Å²) >= 11 is 0. The highest BCUT2D eigenvalue weighted by atomic mass is 19.2.